The second-order valence-electron chi connectivity index (χ2n) is 7.13. The summed E-state index contributed by atoms with van der Waals surface area (Å²) in [7, 11) is 3.26. The molecule has 1 amide bonds. The predicted octanol–water partition coefficient (Wildman–Crippen LogP) is 2.80. The summed E-state index contributed by atoms with van der Waals surface area (Å²) in [6.07, 6.45) is 3.79. The monoisotopic (exact) mass is 406 g/mol. The average Bonchev–Trinajstić information content (AvgIpc) is 3.25. The number of nitrogens with zero attached hydrogens (tertiary/aromatic N) is 3. The van der Waals surface area contributed by atoms with Crippen LogP contribution >= 0.6 is 0 Å². The van der Waals surface area contributed by atoms with E-state index in [1.54, 1.807) is 24.3 Å². The van der Waals surface area contributed by atoms with Crippen molar-refractivity contribution < 1.29 is 14.3 Å². The Labute approximate surface area is 176 Å². The van der Waals surface area contributed by atoms with E-state index in [4.69, 9.17) is 0 Å². The summed E-state index contributed by atoms with van der Waals surface area (Å²) in [5.74, 6) is -0.443. The summed E-state index contributed by atoms with van der Waals surface area (Å²) in [4.78, 5) is 26.0. The molecule has 0 aliphatic rings. The van der Waals surface area contributed by atoms with Gasteiger partial charge in [-0.15, -0.1) is 0 Å². The molecule has 156 valence electrons. The standard InChI is InChI=1S/C23H26N4O3/c1-17(22(28)24-13-18-9-11-20(12-10-18)23(29)30-3)26(2)15-19-14-25-27(16-19)21-7-5-4-6-8-21/h4-12,14,16-17H,13,15H2,1-3H3,(H,24,28). The summed E-state index contributed by atoms with van der Waals surface area (Å²) < 4.78 is 6.51. The second-order valence-corrected chi connectivity index (χ2v) is 7.13. The lowest BCUT2D eigenvalue weighted by Crippen LogP contribution is -2.42. The summed E-state index contributed by atoms with van der Waals surface area (Å²) in [5.41, 5.74) is 3.42. The number of nitrogens with one attached hydrogen (secondary N) is 1. The molecule has 1 atom stereocenters. The van der Waals surface area contributed by atoms with Gasteiger partial charge in [-0.05, 0) is 43.8 Å². The highest BCUT2D eigenvalue weighted by Gasteiger charge is 2.18. The minimum absolute atomic E-state index is 0.0648. The molecule has 0 bridgehead atoms. The topological polar surface area (TPSA) is 76.5 Å². The molecule has 7 heteroatoms. The molecule has 3 rings (SSSR count). The van der Waals surface area contributed by atoms with Gasteiger partial charge in [0.25, 0.3) is 0 Å². The fourth-order valence-corrected chi connectivity index (χ4v) is 3.00. The molecule has 1 heterocycles. The molecule has 0 saturated carbocycles. The van der Waals surface area contributed by atoms with Crippen molar-refractivity contribution in [2.75, 3.05) is 14.2 Å². The first-order valence-corrected chi connectivity index (χ1v) is 9.72. The average molecular weight is 406 g/mol. The van der Waals surface area contributed by atoms with Gasteiger partial charge in [0.1, 0.15) is 0 Å². The van der Waals surface area contributed by atoms with E-state index in [-0.39, 0.29) is 17.9 Å². The molecule has 0 saturated heterocycles. The van der Waals surface area contributed by atoms with E-state index in [1.807, 2.05) is 66.3 Å². The fraction of sp³-hybridized carbons (Fsp3) is 0.261. The van der Waals surface area contributed by atoms with Gasteiger partial charge in [0.15, 0.2) is 0 Å². The number of hydrogen-bond acceptors (Lipinski definition) is 5. The van der Waals surface area contributed by atoms with Crippen LogP contribution in [0.25, 0.3) is 5.69 Å². The predicted molar refractivity (Wildman–Crippen MR) is 114 cm³/mol. The molecular weight excluding hydrogens is 380 g/mol. The van der Waals surface area contributed by atoms with Crippen molar-refractivity contribution in [2.45, 2.75) is 26.1 Å². The van der Waals surface area contributed by atoms with Crippen LogP contribution in [0.15, 0.2) is 67.0 Å². The van der Waals surface area contributed by atoms with Crippen LogP contribution < -0.4 is 5.32 Å². The Bertz CT molecular complexity index is 983. The lowest BCUT2D eigenvalue weighted by molar-refractivity contribution is -0.125. The van der Waals surface area contributed by atoms with Gasteiger partial charge in [-0.1, -0.05) is 30.3 Å². The van der Waals surface area contributed by atoms with Gasteiger partial charge in [-0.3, -0.25) is 9.69 Å². The van der Waals surface area contributed by atoms with Crippen LogP contribution in [0.1, 0.15) is 28.4 Å². The number of aromatic nitrogens is 2. The molecule has 0 fully saturated rings. The number of likely N-dealkylation sites (N-methyl/N-ethyl adjacent to an activating group) is 1. The van der Waals surface area contributed by atoms with Crippen LogP contribution in [-0.4, -0.2) is 46.8 Å². The van der Waals surface area contributed by atoms with E-state index in [2.05, 4.69) is 15.2 Å². The lowest BCUT2D eigenvalue weighted by Gasteiger charge is -2.23. The van der Waals surface area contributed by atoms with E-state index in [0.29, 0.717) is 18.7 Å². The minimum Gasteiger partial charge on any atom is -0.465 e. The quantitative estimate of drug-likeness (QED) is 0.582. The smallest absolute Gasteiger partial charge is 0.337 e. The molecule has 3 aromatic rings. The normalized spacial score (nSPS) is 11.9. The Kier molecular flexibility index (Phi) is 6.98. The zero-order valence-electron chi connectivity index (χ0n) is 17.4. The molecule has 0 radical (unpaired) electrons. The molecule has 2 aromatic carbocycles. The van der Waals surface area contributed by atoms with Gasteiger partial charge < -0.3 is 10.1 Å². The van der Waals surface area contributed by atoms with Crippen LogP contribution in [-0.2, 0) is 22.6 Å². The number of para-hydroxylation sites is 1. The van der Waals surface area contributed by atoms with Crippen molar-refractivity contribution in [1.29, 1.82) is 0 Å². The van der Waals surface area contributed by atoms with Gasteiger partial charge >= 0.3 is 5.97 Å². The maximum absolute atomic E-state index is 12.5. The third kappa shape index (κ3) is 5.33. The maximum Gasteiger partial charge on any atom is 0.337 e. The van der Waals surface area contributed by atoms with Crippen LogP contribution in [0.5, 0.6) is 0 Å². The highest BCUT2D eigenvalue weighted by molar-refractivity contribution is 5.89. The van der Waals surface area contributed by atoms with Gasteiger partial charge in [0.2, 0.25) is 5.91 Å². The van der Waals surface area contributed by atoms with Crippen molar-refractivity contribution in [3.8, 4) is 5.69 Å². The van der Waals surface area contributed by atoms with Gasteiger partial charge in [-0.2, -0.15) is 5.10 Å². The number of benzene rings is 2. The van der Waals surface area contributed by atoms with Crippen LogP contribution in [0.3, 0.4) is 0 Å². The van der Waals surface area contributed by atoms with Gasteiger partial charge in [-0.25, -0.2) is 9.48 Å². The molecule has 1 unspecified atom stereocenters. The first-order valence-electron chi connectivity index (χ1n) is 9.72. The lowest BCUT2D eigenvalue weighted by atomic mass is 10.1. The Morgan fingerprint density at radius 2 is 1.80 bits per heavy atom. The Hall–Kier alpha value is -3.45. The van der Waals surface area contributed by atoms with Crippen molar-refractivity contribution in [3.05, 3.63) is 83.7 Å². The first-order chi connectivity index (χ1) is 14.5. The fourth-order valence-electron chi connectivity index (χ4n) is 3.00. The van der Waals surface area contributed by atoms with E-state index >= 15 is 0 Å². The molecule has 30 heavy (non-hydrogen) atoms. The largest absolute Gasteiger partial charge is 0.465 e. The number of hydrogen-bond donors (Lipinski definition) is 1. The van der Waals surface area contributed by atoms with E-state index < -0.39 is 0 Å². The zero-order chi connectivity index (χ0) is 21.5. The summed E-state index contributed by atoms with van der Waals surface area (Å²) in [6, 6.07) is 16.6. The minimum atomic E-state index is -0.378. The molecule has 0 aliphatic heterocycles. The first kappa shape index (κ1) is 21.3. The second kappa shape index (κ2) is 9.84. The Morgan fingerprint density at radius 3 is 2.47 bits per heavy atom. The number of rotatable bonds is 8. The van der Waals surface area contributed by atoms with Crippen LogP contribution in [0.4, 0.5) is 0 Å². The van der Waals surface area contributed by atoms with Crippen molar-refractivity contribution >= 4 is 11.9 Å². The van der Waals surface area contributed by atoms with Crippen LogP contribution in [0.2, 0.25) is 0 Å². The number of ether oxygens (including phenoxy) is 1. The summed E-state index contributed by atoms with van der Waals surface area (Å²) in [5, 5.41) is 7.34. The number of esters is 1. The third-order valence-corrected chi connectivity index (χ3v) is 4.97. The third-order valence-electron chi connectivity index (χ3n) is 4.97. The number of carbonyl (C=O) groups excluding carboxylic acids is 2. The highest BCUT2D eigenvalue weighted by atomic mass is 16.5. The molecule has 1 aromatic heterocycles. The maximum atomic E-state index is 12.5. The van der Waals surface area contributed by atoms with Gasteiger partial charge in [0, 0.05) is 24.8 Å². The van der Waals surface area contributed by atoms with Crippen molar-refractivity contribution in [3.63, 3.8) is 0 Å². The number of methoxy groups -OCH3 is 1. The zero-order valence-corrected chi connectivity index (χ0v) is 17.4. The summed E-state index contributed by atoms with van der Waals surface area (Å²) in [6.45, 7) is 2.87. The summed E-state index contributed by atoms with van der Waals surface area (Å²) >= 11 is 0. The Balaban J connectivity index is 1.52. The van der Waals surface area contributed by atoms with E-state index in [0.717, 1.165) is 16.8 Å². The van der Waals surface area contributed by atoms with Crippen molar-refractivity contribution in [1.82, 2.24) is 20.0 Å². The van der Waals surface area contributed by atoms with Gasteiger partial charge in [0.05, 0.1) is 30.6 Å². The number of amides is 1. The van der Waals surface area contributed by atoms with E-state index in [1.165, 1.54) is 7.11 Å². The number of carbonyl (C=O) groups is 2. The van der Waals surface area contributed by atoms with Crippen molar-refractivity contribution in [2.24, 2.45) is 0 Å². The molecule has 0 aliphatic carbocycles. The molecule has 7 nitrogen and oxygen atoms in total. The molecule has 1 N–H and O–H groups in total. The SMILES string of the molecule is COC(=O)c1ccc(CNC(=O)C(C)N(C)Cc2cnn(-c3ccccc3)c2)cc1. The van der Waals surface area contributed by atoms with E-state index in [9.17, 15) is 9.59 Å². The van der Waals surface area contributed by atoms with Crippen LogP contribution in [0, 0.1) is 0 Å². The molecule has 0 spiro atoms. The molecular formula is C23H26N4O3. The Morgan fingerprint density at radius 1 is 1.10 bits per heavy atom. The highest BCUT2D eigenvalue weighted by Crippen LogP contribution is 2.11.